The zero-order chi connectivity index (χ0) is 14.5. The number of aryl methyl sites for hydroxylation is 1. The summed E-state index contributed by atoms with van der Waals surface area (Å²) in [7, 11) is 1.84. The van der Waals surface area contributed by atoms with Crippen molar-refractivity contribution < 1.29 is 9.53 Å². The van der Waals surface area contributed by atoms with Crippen LogP contribution in [-0.2, 0) is 11.3 Å². The molecule has 112 valence electrons. The molecular weight excluding hydrogens is 258 g/mol. The molecular formula is C13H23N5O2. The van der Waals surface area contributed by atoms with Gasteiger partial charge in [0.05, 0.1) is 6.04 Å². The minimum absolute atomic E-state index is 0.0740. The Morgan fingerprint density at radius 3 is 2.95 bits per heavy atom. The lowest BCUT2D eigenvalue weighted by molar-refractivity contribution is 0.0522. The second-order valence-corrected chi connectivity index (χ2v) is 5.10. The predicted molar refractivity (Wildman–Crippen MR) is 74.2 cm³/mol. The molecule has 1 aliphatic rings. The zero-order valence-electron chi connectivity index (χ0n) is 12.4. The van der Waals surface area contributed by atoms with Gasteiger partial charge in [0.25, 0.3) is 0 Å². The predicted octanol–water partition coefficient (Wildman–Crippen LogP) is 1.18. The Labute approximate surface area is 119 Å². The number of nitrogens with zero attached hydrogens (tertiary/aromatic N) is 4. The number of ether oxygens (including phenoxy) is 1. The molecule has 0 spiro atoms. The molecule has 2 rings (SSSR count). The average Bonchev–Trinajstić information content (AvgIpc) is 2.95. The fourth-order valence-corrected chi connectivity index (χ4v) is 2.43. The number of carbonyl (C=O) groups excluding carboxylic acids is 1. The quantitative estimate of drug-likeness (QED) is 0.899. The lowest BCUT2D eigenvalue weighted by Crippen LogP contribution is -2.46. The fourth-order valence-electron chi connectivity index (χ4n) is 2.43. The van der Waals surface area contributed by atoms with Gasteiger partial charge in [0.2, 0.25) is 0 Å². The van der Waals surface area contributed by atoms with E-state index in [-0.39, 0.29) is 18.1 Å². The highest BCUT2D eigenvalue weighted by Crippen LogP contribution is 2.14. The van der Waals surface area contributed by atoms with Crippen molar-refractivity contribution in [3.05, 3.63) is 12.2 Å². The molecule has 1 saturated heterocycles. The molecule has 7 heteroatoms. The number of nitrogens with one attached hydrogen (secondary N) is 1. The van der Waals surface area contributed by atoms with Gasteiger partial charge in [-0.1, -0.05) is 0 Å². The molecule has 20 heavy (non-hydrogen) atoms. The lowest BCUT2D eigenvalue weighted by Gasteiger charge is -2.32. The SMILES string of the molecule is CCn1cnnc1[C@H](C)NC(=O)N(C)C1CCOCC1. The molecule has 1 aliphatic heterocycles. The largest absolute Gasteiger partial charge is 0.381 e. The van der Waals surface area contributed by atoms with E-state index in [0.29, 0.717) is 0 Å². The van der Waals surface area contributed by atoms with Crippen molar-refractivity contribution in [1.82, 2.24) is 25.0 Å². The van der Waals surface area contributed by atoms with Crippen molar-refractivity contribution in [2.75, 3.05) is 20.3 Å². The van der Waals surface area contributed by atoms with Crippen molar-refractivity contribution in [2.24, 2.45) is 0 Å². The van der Waals surface area contributed by atoms with Crippen LogP contribution in [0.25, 0.3) is 0 Å². The molecule has 1 aromatic heterocycles. The number of rotatable bonds is 4. The molecule has 0 bridgehead atoms. The Balaban J connectivity index is 1.93. The first kappa shape index (κ1) is 14.8. The van der Waals surface area contributed by atoms with Gasteiger partial charge in [-0.25, -0.2) is 4.79 Å². The van der Waals surface area contributed by atoms with Crippen LogP contribution in [0.5, 0.6) is 0 Å². The third kappa shape index (κ3) is 3.27. The minimum Gasteiger partial charge on any atom is -0.381 e. The number of carbonyl (C=O) groups is 1. The normalized spacial score (nSPS) is 17.8. The van der Waals surface area contributed by atoms with E-state index in [9.17, 15) is 4.79 Å². The summed E-state index contributed by atoms with van der Waals surface area (Å²) in [5, 5.41) is 10.9. The summed E-state index contributed by atoms with van der Waals surface area (Å²) >= 11 is 0. The Kier molecular flexibility index (Phi) is 4.94. The van der Waals surface area contributed by atoms with Crippen LogP contribution in [0.3, 0.4) is 0 Å². The van der Waals surface area contributed by atoms with Crippen LogP contribution >= 0.6 is 0 Å². The van der Waals surface area contributed by atoms with Gasteiger partial charge >= 0.3 is 6.03 Å². The number of amides is 2. The maximum Gasteiger partial charge on any atom is 0.317 e. The van der Waals surface area contributed by atoms with Crippen molar-refractivity contribution in [3.8, 4) is 0 Å². The van der Waals surface area contributed by atoms with E-state index in [1.165, 1.54) is 0 Å². The molecule has 0 aromatic carbocycles. The minimum atomic E-state index is -0.160. The first-order valence-corrected chi connectivity index (χ1v) is 7.12. The van der Waals surface area contributed by atoms with Crippen molar-refractivity contribution in [1.29, 1.82) is 0 Å². The molecule has 1 atom stereocenters. The van der Waals surface area contributed by atoms with Crippen LogP contribution in [0.2, 0.25) is 0 Å². The number of urea groups is 1. The van der Waals surface area contributed by atoms with E-state index in [4.69, 9.17) is 4.74 Å². The van der Waals surface area contributed by atoms with Crippen molar-refractivity contribution >= 4 is 6.03 Å². The second kappa shape index (κ2) is 6.69. The highest BCUT2D eigenvalue weighted by Gasteiger charge is 2.24. The summed E-state index contributed by atoms with van der Waals surface area (Å²) in [6.45, 7) is 6.18. The first-order valence-electron chi connectivity index (χ1n) is 7.12. The summed E-state index contributed by atoms with van der Waals surface area (Å²) in [4.78, 5) is 14.0. The maximum atomic E-state index is 12.3. The summed E-state index contributed by atoms with van der Waals surface area (Å²) < 4.78 is 7.25. The third-order valence-corrected chi connectivity index (χ3v) is 3.77. The summed E-state index contributed by atoms with van der Waals surface area (Å²) in [6, 6.07) is 0.0160. The molecule has 1 N–H and O–H groups in total. The maximum absolute atomic E-state index is 12.3. The Bertz CT molecular complexity index is 442. The van der Waals surface area contributed by atoms with Gasteiger partial charge in [-0.15, -0.1) is 10.2 Å². The molecule has 0 unspecified atom stereocenters. The van der Waals surface area contributed by atoms with Crippen LogP contribution in [0.1, 0.15) is 38.6 Å². The fraction of sp³-hybridized carbons (Fsp3) is 0.769. The molecule has 1 aromatic rings. The van der Waals surface area contributed by atoms with Crippen LogP contribution in [-0.4, -0.2) is 52.0 Å². The summed E-state index contributed by atoms with van der Waals surface area (Å²) in [6.07, 6.45) is 3.47. The van der Waals surface area contributed by atoms with Gasteiger partial charge in [0, 0.05) is 32.8 Å². The number of aromatic nitrogens is 3. The van der Waals surface area contributed by atoms with E-state index >= 15 is 0 Å². The van der Waals surface area contributed by atoms with Gasteiger partial charge in [0.1, 0.15) is 6.33 Å². The lowest BCUT2D eigenvalue weighted by atomic mass is 10.1. The third-order valence-electron chi connectivity index (χ3n) is 3.77. The highest BCUT2D eigenvalue weighted by atomic mass is 16.5. The number of hydrogen-bond acceptors (Lipinski definition) is 4. The van der Waals surface area contributed by atoms with E-state index < -0.39 is 0 Å². The Morgan fingerprint density at radius 1 is 1.60 bits per heavy atom. The Morgan fingerprint density at radius 2 is 2.30 bits per heavy atom. The van der Waals surface area contributed by atoms with E-state index in [2.05, 4.69) is 15.5 Å². The van der Waals surface area contributed by atoms with Crippen molar-refractivity contribution in [3.63, 3.8) is 0 Å². The molecule has 0 aliphatic carbocycles. The molecule has 2 heterocycles. The molecule has 0 saturated carbocycles. The molecule has 0 radical (unpaired) electrons. The molecule has 2 amide bonds. The summed E-state index contributed by atoms with van der Waals surface area (Å²) in [5.41, 5.74) is 0. The van der Waals surface area contributed by atoms with Crippen LogP contribution < -0.4 is 5.32 Å². The van der Waals surface area contributed by atoms with Crippen LogP contribution in [0.4, 0.5) is 4.79 Å². The summed E-state index contributed by atoms with van der Waals surface area (Å²) in [5.74, 6) is 0.779. The Hall–Kier alpha value is -1.63. The number of hydrogen-bond donors (Lipinski definition) is 1. The highest BCUT2D eigenvalue weighted by molar-refractivity contribution is 5.74. The molecule has 7 nitrogen and oxygen atoms in total. The average molecular weight is 281 g/mol. The van der Waals surface area contributed by atoms with E-state index in [0.717, 1.165) is 38.4 Å². The standard InChI is InChI=1S/C13H23N5O2/c1-4-18-9-14-16-12(18)10(2)15-13(19)17(3)11-5-7-20-8-6-11/h9-11H,4-8H2,1-3H3,(H,15,19)/t10-/m0/s1. The van der Waals surface area contributed by atoms with Gasteiger partial charge in [-0.2, -0.15) is 0 Å². The van der Waals surface area contributed by atoms with Gasteiger partial charge < -0.3 is 19.5 Å². The first-order chi connectivity index (χ1) is 9.63. The van der Waals surface area contributed by atoms with E-state index in [1.807, 2.05) is 25.5 Å². The van der Waals surface area contributed by atoms with Crippen LogP contribution in [0, 0.1) is 0 Å². The van der Waals surface area contributed by atoms with Gasteiger partial charge in [-0.05, 0) is 26.7 Å². The monoisotopic (exact) mass is 281 g/mol. The topological polar surface area (TPSA) is 72.3 Å². The second-order valence-electron chi connectivity index (χ2n) is 5.10. The van der Waals surface area contributed by atoms with Crippen molar-refractivity contribution in [2.45, 2.75) is 45.3 Å². The smallest absolute Gasteiger partial charge is 0.317 e. The molecule has 1 fully saturated rings. The van der Waals surface area contributed by atoms with Gasteiger partial charge in [0.15, 0.2) is 5.82 Å². The van der Waals surface area contributed by atoms with Gasteiger partial charge in [-0.3, -0.25) is 0 Å². The zero-order valence-corrected chi connectivity index (χ0v) is 12.4. The van der Waals surface area contributed by atoms with Crippen LogP contribution in [0.15, 0.2) is 6.33 Å². The van der Waals surface area contributed by atoms with E-state index in [1.54, 1.807) is 11.2 Å².